The molecule has 152 valence electrons. The molecular formula is C25H19FN4O. The van der Waals surface area contributed by atoms with Crippen molar-refractivity contribution in [3.8, 4) is 11.3 Å². The minimum atomic E-state index is -0.349. The molecule has 2 heterocycles. The Morgan fingerprint density at radius 1 is 1.00 bits per heavy atom. The molecule has 0 aliphatic carbocycles. The van der Waals surface area contributed by atoms with E-state index < -0.39 is 0 Å². The van der Waals surface area contributed by atoms with Gasteiger partial charge in [-0.3, -0.25) is 14.5 Å². The van der Waals surface area contributed by atoms with Crippen LogP contribution in [0.15, 0.2) is 79.0 Å². The van der Waals surface area contributed by atoms with E-state index in [0.29, 0.717) is 5.69 Å². The fourth-order valence-corrected chi connectivity index (χ4v) is 3.76. The van der Waals surface area contributed by atoms with Crippen molar-refractivity contribution < 1.29 is 9.18 Å². The van der Waals surface area contributed by atoms with Crippen LogP contribution in [0, 0.1) is 12.7 Å². The number of benzene rings is 3. The molecule has 31 heavy (non-hydrogen) atoms. The van der Waals surface area contributed by atoms with E-state index >= 15 is 0 Å². The quantitative estimate of drug-likeness (QED) is 0.435. The summed E-state index contributed by atoms with van der Waals surface area (Å²) in [6.07, 6.45) is 1.82. The lowest BCUT2D eigenvalue weighted by Gasteiger charge is -2.08. The number of pyridine rings is 1. The molecule has 3 aromatic carbocycles. The maximum Gasteiger partial charge on any atom is 0.246 e. The fraction of sp³-hybridized carbons (Fsp3) is 0.0800. The van der Waals surface area contributed by atoms with Crippen molar-refractivity contribution in [2.45, 2.75) is 13.5 Å². The van der Waals surface area contributed by atoms with E-state index in [9.17, 15) is 9.18 Å². The second kappa shape index (κ2) is 7.65. The van der Waals surface area contributed by atoms with Gasteiger partial charge in [-0.15, -0.1) is 0 Å². The molecule has 0 saturated carbocycles. The molecule has 0 radical (unpaired) electrons. The molecule has 5 rings (SSSR count). The van der Waals surface area contributed by atoms with Crippen LogP contribution >= 0.6 is 0 Å². The van der Waals surface area contributed by atoms with Crippen LogP contribution in [0.5, 0.6) is 0 Å². The highest BCUT2D eigenvalue weighted by molar-refractivity contribution is 6.08. The van der Waals surface area contributed by atoms with E-state index in [-0.39, 0.29) is 18.3 Å². The van der Waals surface area contributed by atoms with Gasteiger partial charge >= 0.3 is 0 Å². The highest BCUT2D eigenvalue weighted by Gasteiger charge is 2.18. The molecule has 0 aliphatic rings. The molecule has 2 aromatic heterocycles. The van der Waals surface area contributed by atoms with Gasteiger partial charge < -0.3 is 5.32 Å². The number of carbonyl (C=O) groups excluding carboxylic acids is 1. The van der Waals surface area contributed by atoms with Crippen molar-refractivity contribution in [2.75, 3.05) is 5.32 Å². The Morgan fingerprint density at radius 2 is 1.77 bits per heavy atom. The van der Waals surface area contributed by atoms with Crippen LogP contribution < -0.4 is 5.32 Å². The Balaban J connectivity index is 1.63. The van der Waals surface area contributed by atoms with Crippen molar-refractivity contribution in [1.29, 1.82) is 0 Å². The molecule has 5 nitrogen and oxygen atoms in total. The van der Waals surface area contributed by atoms with Gasteiger partial charge in [0.05, 0.1) is 11.0 Å². The summed E-state index contributed by atoms with van der Waals surface area (Å²) in [5.41, 5.74) is 5.08. The number of nitrogens with zero attached hydrogens (tertiary/aromatic N) is 3. The van der Waals surface area contributed by atoms with Crippen LogP contribution in [0.4, 0.5) is 10.1 Å². The van der Waals surface area contributed by atoms with Gasteiger partial charge in [-0.1, -0.05) is 42.0 Å². The standard InChI is InChI=1S/C25H19FN4O/c1-16-7-12-22-20(13-16)25-21(14-27-22)24(17-5-3-2-4-6-17)29-30(25)15-23(31)28-19-10-8-18(26)9-11-19/h2-14H,15H2,1H3,(H,28,31). The Bertz CT molecular complexity index is 1410. The maximum atomic E-state index is 13.2. The molecule has 6 heteroatoms. The molecule has 1 amide bonds. The number of anilines is 1. The zero-order chi connectivity index (χ0) is 21.4. The van der Waals surface area contributed by atoms with Crippen molar-refractivity contribution in [3.05, 3.63) is 90.4 Å². The average Bonchev–Trinajstić information content (AvgIpc) is 3.14. The first-order valence-electron chi connectivity index (χ1n) is 9.95. The Labute approximate surface area is 178 Å². The largest absolute Gasteiger partial charge is 0.324 e. The lowest BCUT2D eigenvalue weighted by Crippen LogP contribution is -2.19. The van der Waals surface area contributed by atoms with Crippen molar-refractivity contribution in [1.82, 2.24) is 14.8 Å². The molecule has 0 saturated heterocycles. The molecule has 0 bridgehead atoms. The van der Waals surface area contributed by atoms with Crippen LogP contribution in [0.2, 0.25) is 0 Å². The van der Waals surface area contributed by atoms with Crippen LogP contribution in [0.25, 0.3) is 33.1 Å². The minimum absolute atomic E-state index is 0.0216. The summed E-state index contributed by atoms with van der Waals surface area (Å²) in [5.74, 6) is -0.592. The molecule has 5 aromatic rings. The Kier molecular flexibility index (Phi) is 4.67. The van der Waals surface area contributed by atoms with E-state index in [2.05, 4.69) is 16.4 Å². The normalized spacial score (nSPS) is 11.2. The third-order valence-electron chi connectivity index (χ3n) is 5.20. The van der Waals surface area contributed by atoms with Crippen LogP contribution in [-0.2, 0) is 11.3 Å². The second-order valence-electron chi connectivity index (χ2n) is 7.47. The number of amides is 1. The van der Waals surface area contributed by atoms with E-state index in [1.54, 1.807) is 4.68 Å². The van der Waals surface area contributed by atoms with E-state index in [1.165, 1.54) is 24.3 Å². The second-order valence-corrected chi connectivity index (χ2v) is 7.47. The lowest BCUT2D eigenvalue weighted by atomic mass is 10.1. The first-order valence-corrected chi connectivity index (χ1v) is 9.95. The molecule has 1 N–H and O–H groups in total. The number of aryl methyl sites for hydroxylation is 1. The monoisotopic (exact) mass is 410 g/mol. The third kappa shape index (κ3) is 3.64. The van der Waals surface area contributed by atoms with Gasteiger partial charge in [0.1, 0.15) is 18.1 Å². The summed E-state index contributed by atoms with van der Waals surface area (Å²) < 4.78 is 14.9. The van der Waals surface area contributed by atoms with Gasteiger partial charge in [0.25, 0.3) is 0 Å². The van der Waals surface area contributed by atoms with Gasteiger partial charge in [-0.05, 0) is 43.3 Å². The molecular weight excluding hydrogens is 391 g/mol. The van der Waals surface area contributed by atoms with Gasteiger partial charge in [0.2, 0.25) is 5.91 Å². The van der Waals surface area contributed by atoms with Crippen LogP contribution in [0.1, 0.15) is 5.56 Å². The Hall–Kier alpha value is -4.06. The average molecular weight is 410 g/mol. The summed E-state index contributed by atoms with van der Waals surface area (Å²) in [6, 6.07) is 21.6. The molecule has 0 spiro atoms. The van der Waals surface area contributed by atoms with E-state index in [1.807, 2.05) is 55.6 Å². The number of fused-ring (bicyclic) bond motifs is 3. The molecule has 0 aliphatic heterocycles. The molecule has 0 fully saturated rings. The Morgan fingerprint density at radius 3 is 2.55 bits per heavy atom. The van der Waals surface area contributed by atoms with Crippen molar-refractivity contribution >= 4 is 33.4 Å². The van der Waals surface area contributed by atoms with Crippen molar-refractivity contribution in [2.24, 2.45) is 0 Å². The summed E-state index contributed by atoms with van der Waals surface area (Å²) in [5, 5.41) is 9.43. The number of nitrogens with one attached hydrogen (secondary N) is 1. The first-order chi connectivity index (χ1) is 15.1. The summed E-state index contributed by atoms with van der Waals surface area (Å²) >= 11 is 0. The molecule has 0 unspecified atom stereocenters. The highest BCUT2D eigenvalue weighted by atomic mass is 19.1. The zero-order valence-corrected chi connectivity index (χ0v) is 16.8. The fourth-order valence-electron chi connectivity index (χ4n) is 3.76. The summed E-state index contributed by atoms with van der Waals surface area (Å²) in [7, 11) is 0. The van der Waals surface area contributed by atoms with Gasteiger partial charge in [0.15, 0.2) is 0 Å². The van der Waals surface area contributed by atoms with Gasteiger partial charge in [0, 0.05) is 28.2 Å². The highest BCUT2D eigenvalue weighted by Crippen LogP contribution is 2.32. The molecule has 0 atom stereocenters. The smallest absolute Gasteiger partial charge is 0.246 e. The van der Waals surface area contributed by atoms with Gasteiger partial charge in [-0.25, -0.2) is 4.39 Å². The summed E-state index contributed by atoms with van der Waals surface area (Å²) in [4.78, 5) is 17.4. The van der Waals surface area contributed by atoms with E-state index in [0.717, 1.165) is 38.6 Å². The topological polar surface area (TPSA) is 59.8 Å². The number of halogens is 1. The van der Waals surface area contributed by atoms with Gasteiger partial charge in [-0.2, -0.15) is 5.10 Å². The lowest BCUT2D eigenvalue weighted by molar-refractivity contribution is -0.116. The van der Waals surface area contributed by atoms with Crippen LogP contribution in [-0.4, -0.2) is 20.7 Å². The van der Waals surface area contributed by atoms with Crippen LogP contribution in [0.3, 0.4) is 0 Å². The number of hydrogen-bond acceptors (Lipinski definition) is 3. The predicted molar refractivity (Wildman–Crippen MR) is 120 cm³/mol. The number of hydrogen-bond donors (Lipinski definition) is 1. The first kappa shape index (κ1) is 18.9. The van der Waals surface area contributed by atoms with Crippen molar-refractivity contribution in [3.63, 3.8) is 0 Å². The summed E-state index contributed by atoms with van der Waals surface area (Å²) in [6.45, 7) is 2.05. The third-order valence-corrected chi connectivity index (χ3v) is 5.20. The minimum Gasteiger partial charge on any atom is -0.324 e. The number of aromatic nitrogens is 3. The number of rotatable bonds is 4. The predicted octanol–water partition coefficient (Wildman–Crippen LogP) is 5.34. The maximum absolute atomic E-state index is 13.2. The SMILES string of the molecule is Cc1ccc2ncc3c(-c4ccccc4)nn(CC(=O)Nc4ccc(F)cc4)c3c2c1. The van der Waals surface area contributed by atoms with E-state index in [4.69, 9.17) is 5.10 Å². The zero-order valence-electron chi connectivity index (χ0n) is 16.8. The number of carbonyl (C=O) groups is 1.